The highest BCUT2D eigenvalue weighted by atomic mass is 32.1. The molecule has 164 valence electrons. The molecule has 0 unspecified atom stereocenters. The predicted octanol–water partition coefficient (Wildman–Crippen LogP) is 5.15. The third-order valence-electron chi connectivity index (χ3n) is 4.90. The number of thiophene rings is 2. The lowest BCUT2D eigenvalue weighted by Gasteiger charge is -2.05. The average molecular weight is 493 g/mol. The minimum atomic E-state index is -0.422. The first-order valence-electron chi connectivity index (χ1n) is 9.89. The van der Waals surface area contributed by atoms with Crippen molar-refractivity contribution in [2.24, 2.45) is 0 Å². The first-order chi connectivity index (χ1) is 16.0. The molecule has 10 heteroatoms. The summed E-state index contributed by atoms with van der Waals surface area (Å²) >= 11 is 4.07. The molecule has 0 aliphatic heterocycles. The van der Waals surface area contributed by atoms with Crippen molar-refractivity contribution >= 4 is 61.0 Å². The summed E-state index contributed by atoms with van der Waals surface area (Å²) in [5.74, 6) is -0.550. The maximum absolute atomic E-state index is 13.1. The second kappa shape index (κ2) is 8.81. The van der Waals surface area contributed by atoms with Crippen LogP contribution in [-0.4, -0.2) is 26.2 Å². The Kier molecular flexibility index (Phi) is 5.71. The second-order valence-corrected chi connectivity index (χ2v) is 9.96. The van der Waals surface area contributed by atoms with Gasteiger partial charge in [-0.15, -0.1) is 22.7 Å². The quantitative estimate of drug-likeness (QED) is 0.331. The molecule has 0 fully saturated rings. The first kappa shape index (κ1) is 21.4. The summed E-state index contributed by atoms with van der Waals surface area (Å²) in [4.78, 5) is 48.9. The summed E-state index contributed by atoms with van der Waals surface area (Å²) in [6.07, 6.45) is 1.39. The molecule has 0 atom stereocenters. The van der Waals surface area contributed by atoms with E-state index in [1.165, 1.54) is 29.2 Å². The molecule has 0 aliphatic carbocycles. The standard InChI is InChI=1S/C23H16N4O3S3/c1-13(28)20-19(14-6-3-2-4-7-14)26-23(33-20)25-17(29)10-27-12-24-21-18(22(27)30)15(11-32-21)16-8-5-9-31-16/h2-9,11-12H,10H2,1H3,(H,25,26,29). The third-order valence-corrected chi connectivity index (χ3v) is 7.76. The van der Waals surface area contributed by atoms with E-state index in [1.807, 2.05) is 53.2 Å². The maximum atomic E-state index is 13.1. The Hall–Kier alpha value is -3.47. The van der Waals surface area contributed by atoms with Crippen LogP contribution in [-0.2, 0) is 11.3 Å². The Morgan fingerprint density at radius 3 is 2.64 bits per heavy atom. The van der Waals surface area contributed by atoms with E-state index in [4.69, 9.17) is 0 Å². The van der Waals surface area contributed by atoms with Crippen LogP contribution in [0.2, 0.25) is 0 Å². The summed E-state index contributed by atoms with van der Waals surface area (Å²) in [6.45, 7) is 1.26. The van der Waals surface area contributed by atoms with Crippen LogP contribution < -0.4 is 10.9 Å². The molecule has 4 aromatic heterocycles. The minimum Gasteiger partial charge on any atom is -0.300 e. The van der Waals surface area contributed by atoms with Gasteiger partial charge in [-0.05, 0) is 11.4 Å². The van der Waals surface area contributed by atoms with Gasteiger partial charge in [-0.25, -0.2) is 9.97 Å². The zero-order chi connectivity index (χ0) is 22.9. The molecule has 0 radical (unpaired) electrons. The number of ketones is 1. The monoisotopic (exact) mass is 492 g/mol. The summed E-state index contributed by atoms with van der Waals surface area (Å²) in [5.41, 5.74) is 1.88. The number of hydrogen-bond donors (Lipinski definition) is 1. The van der Waals surface area contributed by atoms with E-state index in [0.717, 1.165) is 27.3 Å². The zero-order valence-corrected chi connectivity index (χ0v) is 19.7. The lowest BCUT2D eigenvalue weighted by molar-refractivity contribution is -0.116. The Morgan fingerprint density at radius 1 is 1.09 bits per heavy atom. The summed E-state index contributed by atoms with van der Waals surface area (Å²) in [5, 5.41) is 7.41. The van der Waals surface area contributed by atoms with Crippen molar-refractivity contribution in [3.05, 3.63) is 74.8 Å². The van der Waals surface area contributed by atoms with Crippen molar-refractivity contribution in [1.29, 1.82) is 0 Å². The number of carbonyl (C=O) groups excluding carboxylic acids is 2. The summed E-state index contributed by atoms with van der Waals surface area (Å²) in [7, 11) is 0. The van der Waals surface area contributed by atoms with Crippen LogP contribution in [0.1, 0.15) is 16.6 Å². The minimum absolute atomic E-state index is 0.128. The van der Waals surface area contributed by atoms with Gasteiger partial charge in [-0.3, -0.25) is 19.0 Å². The fourth-order valence-corrected chi connectivity index (χ4v) is 6.03. The molecule has 0 saturated carbocycles. The van der Waals surface area contributed by atoms with Gasteiger partial charge in [0.15, 0.2) is 10.9 Å². The van der Waals surface area contributed by atoms with Crippen molar-refractivity contribution < 1.29 is 9.59 Å². The number of fused-ring (bicyclic) bond motifs is 1. The number of thiazole rings is 1. The number of aromatic nitrogens is 3. The lowest BCUT2D eigenvalue weighted by Crippen LogP contribution is -2.27. The molecule has 5 rings (SSSR count). The van der Waals surface area contributed by atoms with Gasteiger partial charge < -0.3 is 5.32 Å². The molecule has 33 heavy (non-hydrogen) atoms. The smallest absolute Gasteiger partial charge is 0.263 e. The lowest BCUT2D eigenvalue weighted by atomic mass is 10.1. The Morgan fingerprint density at radius 2 is 1.91 bits per heavy atom. The number of nitrogens with zero attached hydrogens (tertiary/aromatic N) is 3. The van der Waals surface area contributed by atoms with Crippen LogP contribution >= 0.6 is 34.0 Å². The van der Waals surface area contributed by atoms with Gasteiger partial charge in [0.25, 0.3) is 5.56 Å². The number of benzene rings is 1. The molecule has 1 N–H and O–H groups in total. The predicted molar refractivity (Wildman–Crippen MR) is 133 cm³/mol. The molecule has 0 spiro atoms. The molecular weight excluding hydrogens is 476 g/mol. The van der Waals surface area contributed by atoms with E-state index in [-0.39, 0.29) is 17.9 Å². The van der Waals surface area contributed by atoms with Gasteiger partial charge in [0, 0.05) is 28.3 Å². The Balaban J connectivity index is 1.42. The topological polar surface area (TPSA) is 94.0 Å². The first-order valence-corrected chi connectivity index (χ1v) is 12.5. The van der Waals surface area contributed by atoms with E-state index in [0.29, 0.717) is 25.9 Å². The SMILES string of the molecule is CC(=O)c1sc(NC(=O)Cn2cnc3scc(-c4cccs4)c3c2=O)nc1-c1ccccc1. The van der Waals surface area contributed by atoms with Crippen molar-refractivity contribution in [3.63, 3.8) is 0 Å². The van der Waals surface area contributed by atoms with E-state index in [1.54, 1.807) is 11.3 Å². The summed E-state index contributed by atoms with van der Waals surface area (Å²) < 4.78 is 1.29. The molecule has 1 aromatic carbocycles. The molecule has 5 aromatic rings. The number of Topliss-reactive ketones (excluding diaryl/α,β-unsaturated/α-hetero) is 1. The van der Waals surface area contributed by atoms with E-state index in [9.17, 15) is 14.4 Å². The largest absolute Gasteiger partial charge is 0.300 e. The fourth-order valence-electron chi connectivity index (χ4n) is 3.41. The average Bonchev–Trinajstić information content (AvgIpc) is 3.55. The van der Waals surface area contributed by atoms with Gasteiger partial charge in [-0.1, -0.05) is 47.7 Å². The number of hydrogen-bond acceptors (Lipinski definition) is 8. The van der Waals surface area contributed by atoms with Crippen LogP contribution in [0.3, 0.4) is 0 Å². The molecular formula is C23H16N4O3S3. The highest BCUT2D eigenvalue weighted by Gasteiger charge is 2.19. The number of rotatable bonds is 6. The Labute approximate surface area is 200 Å². The van der Waals surface area contributed by atoms with Crippen LogP contribution in [0.25, 0.3) is 31.9 Å². The highest BCUT2D eigenvalue weighted by molar-refractivity contribution is 7.18. The van der Waals surface area contributed by atoms with Gasteiger partial charge in [0.05, 0.1) is 22.3 Å². The van der Waals surface area contributed by atoms with Crippen LogP contribution in [0.15, 0.2) is 64.3 Å². The number of carbonyl (C=O) groups is 2. The molecule has 4 heterocycles. The van der Waals surface area contributed by atoms with Crippen molar-refractivity contribution in [2.45, 2.75) is 13.5 Å². The van der Waals surface area contributed by atoms with E-state index < -0.39 is 5.91 Å². The van der Waals surface area contributed by atoms with Crippen LogP contribution in [0.4, 0.5) is 5.13 Å². The van der Waals surface area contributed by atoms with Crippen molar-refractivity contribution in [1.82, 2.24) is 14.5 Å². The molecule has 0 aliphatic rings. The van der Waals surface area contributed by atoms with Crippen molar-refractivity contribution in [3.8, 4) is 21.7 Å². The molecule has 7 nitrogen and oxygen atoms in total. The molecule has 0 saturated heterocycles. The fraction of sp³-hybridized carbons (Fsp3) is 0.0870. The van der Waals surface area contributed by atoms with Crippen molar-refractivity contribution in [2.75, 3.05) is 5.32 Å². The van der Waals surface area contributed by atoms with Gasteiger partial charge >= 0.3 is 0 Å². The number of amides is 1. The zero-order valence-electron chi connectivity index (χ0n) is 17.3. The number of anilines is 1. The van der Waals surface area contributed by atoms with Crippen LogP contribution in [0.5, 0.6) is 0 Å². The highest BCUT2D eigenvalue weighted by Crippen LogP contribution is 2.34. The summed E-state index contributed by atoms with van der Waals surface area (Å²) in [6, 6.07) is 13.2. The van der Waals surface area contributed by atoms with Gasteiger partial charge in [0.1, 0.15) is 11.4 Å². The van der Waals surface area contributed by atoms with E-state index in [2.05, 4.69) is 15.3 Å². The third kappa shape index (κ3) is 4.15. The second-order valence-electron chi connectivity index (χ2n) is 7.15. The van der Waals surface area contributed by atoms with Gasteiger partial charge in [-0.2, -0.15) is 0 Å². The normalized spacial score (nSPS) is 11.1. The Bertz CT molecular complexity index is 1530. The van der Waals surface area contributed by atoms with Crippen LogP contribution in [0, 0.1) is 0 Å². The maximum Gasteiger partial charge on any atom is 0.263 e. The molecule has 0 bridgehead atoms. The molecule has 1 amide bonds. The van der Waals surface area contributed by atoms with Gasteiger partial charge in [0.2, 0.25) is 5.91 Å². The number of nitrogens with one attached hydrogen (secondary N) is 1. The van der Waals surface area contributed by atoms with E-state index >= 15 is 0 Å².